The third kappa shape index (κ3) is 7.27. The van der Waals surface area contributed by atoms with Crippen molar-refractivity contribution in [1.29, 1.82) is 5.41 Å². The van der Waals surface area contributed by atoms with Crippen molar-refractivity contribution in [1.82, 2.24) is 0 Å². The van der Waals surface area contributed by atoms with Crippen molar-refractivity contribution in [3.8, 4) is 0 Å². The molecule has 2 aromatic rings. The van der Waals surface area contributed by atoms with Crippen LogP contribution in [0.5, 0.6) is 0 Å². The van der Waals surface area contributed by atoms with Crippen LogP contribution in [0, 0.1) is 5.41 Å². The van der Waals surface area contributed by atoms with E-state index in [-0.39, 0.29) is 0 Å². The fourth-order valence-corrected chi connectivity index (χ4v) is 2.53. The fourth-order valence-electron chi connectivity index (χ4n) is 1.71. The topological polar surface area (TPSA) is 99.8 Å². The summed E-state index contributed by atoms with van der Waals surface area (Å²) in [6.07, 6.45) is 3.81. The van der Waals surface area contributed by atoms with E-state index in [1.54, 1.807) is 11.8 Å². The summed E-state index contributed by atoms with van der Waals surface area (Å²) in [6.45, 7) is 0.723. The maximum absolute atomic E-state index is 10.1. The minimum absolute atomic E-state index is 0.362. The van der Waals surface area contributed by atoms with Crippen molar-refractivity contribution in [3.63, 3.8) is 0 Å². The van der Waals surface area contributed by atoms with Gasteiger partial charge >= 0.3 is 0 Å². The van der Waals surface area contributed by atoms with Gasteiger partial charge in [-0.1, -0.05) is 36.0 Å². The molecule has 0 aliphatic rings. The second-order valence-corrected chi connectivity index (χ2v) is 5.45. The normalized spacial score (nSPS) is 8.67. The molecule has 0 amide bonds. The SMILES string of the molecule is N=C=O.O=C=NCc1ccc(Sc2ccc(CN=C=O)cc2)cc1. The van der Waals surface area contributed by atoms with E-state index in [1.165, 1.54) is 12.2 Å². The standard InChI is InChI=1S/C16H12N2O2S.CHNO/c19-11-17-9-13-1-5-15(6-2-13)21-16-7-3-14(4-8-16)10-18-12-20;2-1-3/h1-8H,9-10H2;2H. The van der Waals surface area contributed by atoms with Crippen molar-refractivity contribution in [3.05, 3.63) is 59.7 Å². The average molecular weight is 339 g/mol. The van der Waals surface area contributed by atoms with Crippen molar-refractivity contribution in [2.75, 3.05) is 0 Å². The van der Waals surface area contributed by atoms with Crippen LogP contribution in [0.2, 0.25) is 0 Å². The van der Waals surface area contributed by atoms with Gasteiger partial charge in [-0.05, 0) is 35.4 Å². The van der Waals surface area contributed by atoms with E-state index >= 15 is 0 Å². The van der Waals surface area contributed by atoms with Gasteiger partial charge in [-0.15, -0.1) is 0 Å². The Morgan fingerprint density at radius 3 is 1.38 bits per heavy atom. The van der Waals surface area contributed by atoms with E-state index in [2.05, 4.69) is 9.98 Å². The Bertz CT molecular complexity index is 708. The van der Waals surface area contributed by atoms with Crippen LogP contribution < -0.4 is 0 Å². The van der Waals surface area contributed by atoms with Crippen molar-refractivity contribution < 1.29 is 14.4 Å². The summed E-state index contributed by atoms with van der Waals surface area (Å²) in [6, 6.07) is 15.7. The highest BCUT2D eigenvalue weighted by atomic mass is 32.2. The molecule has 0 aliphatic heterocycles. The molecule has 1 N–H and O–H groups in total. The highest BCUT2D eigenvalue weighted by molar-refractivity contribution is 7.99. The minimum Gasteiger partial charge on any atom is -0.222 e. The number of rotatable bonds is 6. The van der Waals surface area contributed by atoms with Crippen molar-refractivity contribution >= 4 is 30.0 Å². The molecule has 0 heterocycles. The summed E-state index contributed by atoms with van der Waals surface area (Å²) in [4.78, 5) is 37.7. The Morgan fingerprint density at radius 2 is 1.08 bits per heavy atom. The molecule has 0 radical (unpaired) electrons. The van der Waals surface area contributed by atoms with Crippen LogP contribution in [0.25, 0.3) is 0 Å². The van der Waals surface area contributed by atoms with Gasteiger partial charge in [0.25, 0.3) is 0 Å². The molecule has 2 aromatic carbocycles. The first kappa shape index (κ1) is 19.0. The molecule has 0 spiro atoms. The molecule has 6 nitrogen and oxygen atoms in total. The second kappa shape index (κ2) is 11.5. The second-order valence-electron chi connectivity index (χ2n) is 4.31. The molecular weight excluding hydrogens is 326 g/mol. The zero-order valence-electron chi connectivity index (χ0n) is 12.6. The van der Waals surface area contributed by atoms with Gasteiger partial charge in [-0.2, -0.15) is 0 Å². The summed E-state index contributed by atoms with van der Waals surface area (Å²) in [7, 11) is 0. The van der Waals surface area contributed by atoms with E-state index < -0.39 is 0 Å². The lowest BCUT2D eigenvalue weighted by molar-refractivity contribution is 0.562. The van der Waals surface area contributed by atoms with Crippen molar-refractivity contribution in [2.24, 2.45) is 9.98 Å². The average Bonchev–Trinajstić information content (AvgIpc) is 2.61. The molecule has 0 fully saturated rings. The first-order chi connectivity index (χ1) is 11.7. The molecule has 2 rings (SSSR count). The van der Waals surface area contributed by atoms with E-state index in [0.717, 1.165) is 27.0 Å². The van der Waals surface area contributed by atoms with Crippen LogP contribution in [0.3, 0.4) is 0 Å². The van der Waals surface area contributed by atoms with Gasteiger partial charge in [0.05, 0.1) is 13.1 Å². The zero-order chi connectivity index (χ0) is 17.6. The predicted octanol–water partition coefficient (Wildman–Crippen LogP) is 3.41. The number of aliphatic imine (C=N–C) groups is 2. The number of hydrogen-bond acceptors (Lipinski definition) is 7. The summed E-state index contributed by atoms with van der Waals surface area (Å²) in [5.41, 5.74) is 1.95. The third-order valence-corrected chi connectivity index (χ3v) is 3.75. The quantitative estimate of drug-likeness (QED) is 0.644. The highest BCUT2D eigenvalue weighted by Gasteiger charge is 1.99. The smallest absolute Gasteiger partial charge is 0.222 e. The van der Waals surface area contributed by atoms with Gasteiger partial charge in [0.2, 0.25) is 18.2 Å². The number of hydrogen-bond donors (Lipinski definition) is 1. The van der Waals surface area contributed by atoms with Crippen LogP contribution >= 0.6 is 11.8 Å². The Balaban J connectivity index is 0.000000891. The lowest BCUT2D eigenvalue weighted by Gasteiger charge is -2.03. The van der Waals surface area contributed by atoms with E-state index in [1.807, 2.05) is 48.5 Å². The molecule has 0 saturated carbocycles. The van der Waals surface area contributed by atoms with E-state index in [4.69, 9.17) is 10.2 Å². The number of nitrogens with one attached hydrogen (secondary N) is 1. The molecule has 0 saturated heterocycles. The molecule has 0 aliphatic carbocycles. The number of carbonyl (C=O) groups excluding carboxylic acids is 3. The van der Waals surface area contributed by atoms with Crippen LogP contribution in [0.15, 0.2) is 68.3 Å². The number of isocyanates is 3. The number of benzene rings is 2. The van der Waals surface area contributed by atoms with Crippen LogP contribution in [-0.2, 0) is 27.5 Å². The molecule has 0 aromatic heterocycles. The molecule has 120 valence electrons. The van der Waals surface area contributed by atoms with Crippen LogP contribution in [-0.4, -0.2) is 18.2 Å². The largest absolute Gasteiger partial charge is 0.235 e. The minimum atomic E-state index is 0.362. The first-order valence-corrected chi connectivity index (χ1v) is 7.52. The summed E-state index contributed by atoms with van der Waals surface area (Å²) >= 11 is 1.64. The fraction of sp³-hybridized carbons (Fsp3) is 0.118. The number of nitrogens with zero attached hydrogens (tertiary/aromatic N) is 2. The Morgan fingerprint density at radius 1 is 0.750 bits per heavy atom. The maximum atomic E-state index is 10.1. The van der Waals surface area contributed by atoms with Crippen LogP contribution in [0.4, 0.5) is 0 Å². The van der Waals surface area contributed by atoms with Crippen molar-refractivity contribution in [2.45, 2.75) is 22.9 Å². The maximum Gasteiger partial charge on any atom is 0.235 e. The first-order valence-electron chi connectivity index (χ1n) is 6.70. The summed E-state index contributed by atoms with van der Waals surface area (Å²) in [5.74, 6) is 0. The zero-order valence-corrected chi connectivity index (χ0v) is 13.4. The molecule has 0 bridgehead atoms. The highest BCUT2D eigenvalue weighted by Crippen LogP contribution is 2.28. The molecule has 7 heteroatoms. The summed E-state index contributed by atoms with van der Waals surface area (Å²) < 4.78 is 0. The van der Waals surface area contributed by atoms with Gasteiger partial charge in [-0.25, -0.2) is 29.8 Å². The Hall–Kier alpha value is -3.07. The van der Waals surface area contributed by atoms with E-state index in [9.17, 15) is 9.59 Å². The van der Waals surface area contributed by atoms with Gasteiger partial charge in [0.1, 0.15) is 0 Å². The molecular formula is C17H13N3O3S. The Labute approximate surface area is 142 Å². The third-order valence-electron chi connectivity index (χ3n) is 2.73. The predicted molar refractivity (Wildman–Crippen MR) is 89.1 cm³/mol. The monoisotopic (exact) mass is 339 g/mol. The lowest BCUT2D eigenvalue weighted by atomic mass is 10.2. The molecule has 24 heavy (non-hydrogen) atoms. The lowest BCUT2D eigenvalue weighted by Crippen LogP contribution is -1.82. The van der Waals surface area contributed by atoms with Crippen LogP contribution in [0.1, 0.15) is 11.1 Å². The molecule has 0 atom stereocenters. The van der Waals surface area contributed by atoms with Gasteiger partial charge in [0.15, 0.2) is 0 Å². The van der Waals surface area contributed by atoms with Gasteiger partial charge in [-0.3, -0.25) is 0 Å². The summed E-state index contributed by atoms with van der Waals surface area (Å²) in [5, 5.41) is 5.40. The van der Waals surface area contributed by atoms with E-state index in [0.29, 0.717) is 13.1 Å². The molecule has 0 unspecified atom stereocenters. The Kier molecular flexibility index (Phi) is 9.09. The van der Waals surface area contributed by atoms with Gasteiger partial charge in [0, 0.05) is 9.79 Å². The van der Waals surface area contributed by atoms with Gasteiger partial charge < -0.3 is 0 Å².